The van der Waals surface area contributed by atoms with Crippen molar-refractivity contribution in [2.75, 3.05) is 20.2 Å². The Kier molecular flexibility index (Phi) is 10.0. The molecule has 0 spiro atoms. The first-order chi connectivity index (χ1) is 7.62. The lowest BCUT2D eigenvalue weighted by Crippen LogP contribution is -2.29. The molecule has 0 aliphatic carbocycles. The van der Waals surface area contributed by atoms with Crippen molar-refractivity contribution in [2.24, 2.45) is 0 Å². The van der Waals surface area contributed by atoms with Crippen LogP contribution in [0, 0.1) is 0 Å². The largest absolute Gasteiger partial charge is 0.379 e. The Bertz CT molecular complexity index is 146. The smallest absolute Gasteiger partial charge is 0.0634 e. The second-order valence-corrected chi connectivity index (χ2v) is 5.23. The lowest BCUT2D eigenvalue weighted by Gasteiger charge is -2.22. The van der Waals surface area contributed by atoms with Crippen LogP contribution in [0.15, 0.2) is 0 Å². The Morgan fingerprint density at radius 3 is 2.19 bits per heavy atom. The van der Waals surface area contributed by atoms with E-state index in [-0.39, 0.29) is 5.60 Å². The summed E-state index contributed by atoms with van der Waals surface area (Å²) in [5.74, 6) is 0. The molecular weight excluding hydrogens is 198 g/mol. The molecule has 0 unspecified atom stereocenters. The summed E-state index contributed by atoms with van der Waals surface area (Å²) in [6.45, 7) is 8.76. The second-order valence-electron chi connectivity index (χ2n) is 5.23. The van der Waals surface area contributed by atoms with Crippen molar-refractivity contribution in [3.05, 3.63) is 0 Å². The molecule has 0 saturated heterocycles. The van der Waals surface area contributed by atoms with Crippen LogP contribution in [0.25, 0.3) is 0 Å². The highest BCUT2D eigenvalue weighted by atomic mass is 16.5. The fourth-order valence-electron chi connectivity index (χ4n) is 1.65. The average molecular weight is 229 g/mol. The molecule has 16 heavy (non-hydrogen) atoms. The zero-order valence-corrected chi connectivity index (χ0v) is 11.8. The van der Waals surface area contributed by atoms with Gasteiger partial charge in [-0.15, -0.1) is 0 Å². The van der Waals surface area contributed by atoms with Crippen molar-refractivity contribution in [3.63, 3.8) is 0 Å². The molecule has 0 aromatic heterocycles. The molecule has 98 valence electrons. The maximum absolute atomic E-state index is 5.37. The molecule has 0 atom stereocenters. The van der Waals surface area contributed by atoms with Crippen LogP contribution in [0.2, 0.25) is 0 Å². The topological polar surface area (TPSA) is 21.3 Å². The van der Waals surface area contributed by atoms with Gasteiger partial charge in [-0.3, -0.25) is 0 Å². The fourth-order valence-corrected chi connectivity index (χ4v) is 1.65. The quantitative estimate of drug-likeness (QED) is 0.545. The second kappa shape index (κ2) is 10.1. The van der Waals surface area contributed by atoms with Crippen LogP contribution in [0.1, 0.15) is 65.7 Å². The SMILES string of the molecule is CCCCCCCCNCCC(C)(C)OC. The average Bonchev–Trinajstić information content (AvgIpc) is 2.27. The zero-order valence-electron chi connectivity index (χ0n) is 11.8. The summed E-state index contributed by atoms with van der Waals surface area (Å²) in [5, 5.41) is 3.49. The molecule has 0 aromatic rings. The van der Waals surface area contributed by atoms with E-state index in [4.69, 9.17) is 4.74 Å². The van der Waals surface area contributed by atoms with E-state index in [1.54, 1.807) is 7.11 Å². The van der Waals surface area contributed by atoms with E-state index in [1.165, 1.54) is 38.5 Å². The van der Waals surface area contributed by atoms with Gasteiger partial charge in [-0.1, -0.05) is 39.0 Å². The number of nitrogens with one attached hydrogen (secondary N) is 1. The van der Waals surface area contributed by atoms with Crippen LogP contribution >= 0.6 is 0 Å². The summed E-state index contributed by atoms with van der Waals surface area (Å²) >= 11 is 0. The predicted octanol–water partition coefficient (Wildman–Crippen LogP) is 3.75. The highest BCUT2D eigenvalue weighted by molar-refractivity contribution is 4.68. The van der Waals surface area contributed by atoms with Crippen LogP contribution in [-0.2, 0) is 4.74 Å². The Balaban J connectivity index is 3.10. The van der Waals surface area contributed by atoms with E-state index >= 15 is 0 Å². The van der Waals surface area contributed by atoms with Crippen LogP contribution in [0.3, 0.4) is 0 Å². The van der Waals surface area contributed by atoms with Crippen LogP contribution in [-0.4, -0.2) is 25.8 Å². The molecule has 0 aromatic carbocycles. The van der Waals surface area contributed by atoms with Gasteiger partial charge in [0.15, 0.2) is 0 Å². The molecule has 2 heteroatoms. The molecule has 0 heterocycles. The van der Waals surface area contributed by atoms with Gasteiger partial charge in [-0.05, 0) is 39.8 Å². The Morgan fingerprint density at radius 2 is 1.56 bits per heavy atom. The van der Waals surface area contributed by atoms with Crippen molar-refractivity contribution in [3.8, 4) is 0 Å². The number of rotatable bonds is 11. The molecule has 0 aliphatic rings. The first kappa shape index (κ1) is 15.9. The highest BCUT2D eigenvalue weighted by Crippen LogP contribution is 2.11. The minimum absolute atomic E-state index is 0.0220. The molecule has 0 rings (SSSR count). The normalized spacial score (nSPS) is 12.0. The third kappa shape index (κ3) is 10.4. The van der Waals surface area contributed by atoms with Crippen molar-refractivity contribution < 1.29 is 4.74 Å². The molecule has 0 radical (unpaired) electrons. The molecule has 2 nitrogen and oxygen atoms in total. The van der Waals surface area contributed by atoms with Gasteiger partial charge in [-0.2, -0.15) is 0 Å². The minimum atomic E-state index is 0.0220. The molecular formula is C14H31NO. The predicted molar refractivity (Wildman–Crippen MR) is 72.0 cm³/mol. The zero-order chi connectivity index (χ0) is 12.3. The van der Waals surface area contributed by atoms with E-state index in [1.807, 2.05) is 0 Å². The Hall–Kier alpha value is -0.0800. The molecule has 0 amide bonds. The van der Waals surface area contributed by atoms with E-state index in [9.17, 15) is 0 Å². The van der Waals surface area contributed by atoms with Crippen molar-refractivity contribution in [2.45, 2.75) is 71.3 Å². The van der Waals surface area contributed by atoms with Gasteiger partial charge in [-0.25, -0.2) is 0 Å². The number of hydrogen-bond donors (Lipinski definition) is 1. The monoisotopic (exact) mass is 229 g/mol. The molecule has 0 fully saturated rings. The third-order valence-corrected chi connectivity index (χ3v) is 3.16. The maximum atomic E-state index is 5.37. The lowest BCUT2D eigenvalue weighted by molar-refractivity contribution is 0.0159. The molecule has 0 saturated carbocycles. The molecule has 0 bridgehead atoms. The van der Waals surface area contributed by atoms with Crippen LogP contribution in [0.5, 0.6) is 0 Å². The number of hydrogen-bond acceptors (Lipinski definition) is 2. The summed E-state index contributed by atoms with van der Waals surface area (Å²) in [6.07, 6.45) is 9.32. The van der Waals surface area contributed by atoms with Crippen LogP contribution < -0.4 is 5.32 Å². The van der Waals surface area contributed by atoms with Crippen molar-refractivity contribution >= 4 is 0 Å². The molecule has 0 aliphatic heterocycles. The van der Waals surface area contributed by atoms with E-state index in [0.717, 1.165) is 19.5 Å². The summed E-state index contributed by atoms with van der Waals surface area (Å²) in [4.78, 5) is 0. The fraction of sp³-hybridized carbons (Fsp3) is 1.00. The first-order valence-corrected chi connectivity index (χ1v) is 6.88. The van der Waals surface area contributed by atoms with Gasteiger partial charge in [0, 0.05) is 7.11 Å². The van der Waals surface area contributed by atoms with Gasteiger partial charge in [0.1, 0.15) is 0 Å². The van der Waals surface area contributed by atoms with Gasteiger partial charge in [0.2, 0.25) is 0 Å². The summed E-state index contributed by atoms with van der Waals surface area (Å²) in [5.41, 5.74) is 0.0220. The Morgan fingerprint density at radius 1 is 0.938 bits per heavy atom. The Labute approximate surface area is 102 Å². The highest BCUT2D eigenvalue weighted by Gasteiger charge is 2.14. The van der Waals surface area contributed by atoms with Crippen molar-refractivity contribution in [1.82, 2.24) is 5.32 Å². The van der Waals surface area contributed by atoms with Gasteiger partial charge >= 0.3 is 0 Å². The van der Waals surface area contributed by atoms with E-state index < -0.39 is 0 Å². The summed E-state index contributed by atoms with van der Waals surface area (Å²) < 4.78 is 5.37. The van der Waals surface area contributed by atoms with Gasteiger partial charge < -0.3 is 10.1 Å². The number of ether oxygens (including phenoxy) is 1. The van der Waals surface area contributed by atoms with E-state index in [2.05, 4.69) is 26.1 Å². The number of methoxy groups -OCH3 is 1. The summed E-state index contributed by atoms with van der Waals surface area (Å²) in [6, 6.07) is 0. The lowest BCUT2D eigenvalue weighted by atomic mass is 10.1. The van der Waals surface area contributed by atoms with E-state index in [0.29, 0.717) is 0 Å². The maximum Gasteiger partial charge on any atom is 0.0634 e. The third-order valence-electron chi connectivity index (χ3n) is 3.16. The first-order valence-electron chi connectivity index (χ1n) is 6.88. The van der Waals surface area contributed by atoms with Crippen molar-refractivity contribution in [1.29, 1.82) is 0 Å². The van der Waals surface area contributed by atoms with Crippen LogP contribution in [0.4, 0.5) is 0 Å². The standard InChI is InChI=1S/C14H31NO/c1-5-6-7-8-9-10-12-15-13-11-14(2,3)16-4/h15H,5-13H2,1-4H3. The molecule has 1 N–H and O–H groups in total. The number of unbranched alkanes of at least 4 members (excludes halogenated alkanes) is 5. The van der Waals surface area contributed by atoms with Gasteiger partial charge in [0.25, 0.3) is 0 Å². The van der Waals surface area contributed by atoms with Gasteiger partial charge in [0.05, 0.1) is 5.60 Å². The minimum Gasteiger partial charge on any atom is -0.379 e. The summed E-state index contributed by atoms with van der Waals surface area (Å²) in [7, 11) is 1.79.